The van der Waals surface area contributed by atoms with Crippen molar-refractivity contribution in [2.45, 2.75) is 24.8 Å². The molecule has 0 aliphatic carbocycles. The fourth-order valence-corrected chi connectivity index (χ4v) is 0.903. The van der Waals surface area contributed by atoms with Crippen molar-refractivity contribution < 1.29 is 35.7 Å². The average Bonchev–Trinajstić information content (AvgIpc) is 2.11. The lowest BCUT2D eigenvalue weighted by molar-refractivity contribution is -0.148. The number of ether oxygens (including phenoxy) is 1. The molecule has 0 amide bonds. The Labute approximate surface area is 84.0 Å². The second kappa shape index (κ2) is 4.79. The number of carbonyl (C=O) groups excluding carboxylic acids is 1. The highest BCUT2D eigenvalue weighted by molar-refractivity contribution is 7.86. The van der Waals surface area contributed by atoms with Crippen molar-refractivity contribution in [3.8, 4) is 0 Å². The molecule has 0 saturated carbocycles. The molecular formula is C6H8F3O5S-. The van der Waals surface area contributed by atoms with Gasteiger partial charge < -0.3 is 9.29 Å². The number of carbonyl (C=O) groups is 1. The Kier molecular flexibility index (Phi) is 4.53. The summed E-state index contributed by atoms with van der Waals surface area (Å²) in [5.41, 5.74) is 0. The van der Waals surface area contributed by atoms with Gasteiger partial charge in [-0.25, -0.2) is 12.8 Å². The Hall–Kier alpha value is -0.830. The standard InChI is InChI=1S/C6H9F3O5S/c1-2-5(10)14-3-4(7)6(8,9)15(11,12)13/h4H,2-3H2,1H3,(H,11,12,13)/p-1. The molecule has 0 rings (SSSR count). The van der Waals surface area contributed by atoms with Crippen LogP contribution in [0.25, 0.3) is 0 Å². The van der Waals surface area contributed by atoms with Gasteiger partial charge >= 0.3 is 11.2 Å². The number of alkyl halides is 3. The topological polar surface area (TPSA) is 83.5 Å². The SMILES string of the molecule is CCC(=O)OCC(F)C(F)(F)S(=O)(=O)[O-]. The third kappa shape index (κ3) is 3.67. The fourth-order valence-electron chi connectivity index (χ4n) is 0.522. The van der Waals surface area contributed by atoms with Crippen LogP contribution in [0.5, 0.6) is 0 Å². The first-order valence-electron chi connectivity index (χ1n) is 3.75. The van der Waals surface area contributed by atoms with Crippen LogP contribution < -0.4 is 0 Å². The first-order valence-corrected chi connectivity index (χ1v) is 5.16. The molecule has 0 heterocycles. The Bertz CT molecular complexity index is 326. The summed E-state index contributed by atoms with van der Waals surface area (Å²) < 4.78 is 71.1. The van der Waals surface area contributed by atoms with Crippen LogP contribution in [-0.2, 0) is 19.6 Å². The molecular weight excluding hydrogens is 241 g/mol. The molecule has 15 heavy (non-hydrogen) atoms. The lowest BCUT2D eigenvalue weighted by Crippen LogP contribution is -2.41. The van der Waals surface area contributed by atoms with Gasteiger partial charge in [-0.05, 0) is 0 Å². The fraction of sp³-hybridized carbons (Fsp3) is 0.833. The maximum Gasteiger partial charge on any atom is 0.368 e. The molecule has 0 aromatic carbocycles. The van der Waals surface area contributed by atoms with Gasteiger partial charge in [0.1, 0.15) is 6.61 Å². The zero-order chi connectivity index (χ0) is 12.3. The molecule has 0 fully saturated rings. The molecule has 0 aromatic heterocycles. The van der Waals surface area contributed by atoms with Gasteiger partial charge in [-0.3, -0.25) is 4.79 Å². The summed E-state index contributed by atoms with van der Waals surface area (Å²) in [7, 11) is -6.11. The van der Waals surface area contributed by atoms with Crippen molar-refractivity contribution in [1.29, 1.82) is 0 Å². The quantitative estimate of drug-likeness (QED) is 0.520. The minimum atomic E-state index is -6.11. The van der Waals surface area contributed by atoms with Crippen LogP contribution in [0, 0.1) is 0 Å². The van der Waals surface area contributed by atoms with Crippen LogP contribution in [0.3, 0.4) is 0 Å². The van der Waals surface area contributed by atoms with Crippen LogP contribution >= 0.6 is 0 Å². The van der Waals surface area contributed by atoms with E-state index in [1.54, 1.807) is 0 Å². The van der Waals surface area contributed by atoms with Gasteiger partial charge in [0.05, 0.1) is 0 Å². The van der Waals surface area contributed by atoms with Crippen LogP contribution in [0.15, 0.2) is 0 Å². The third-order valence-electron chi connectivity index (χ3n) is 1.38. The minimum Gasteiger partial charge on any atom is -0.743 e. The summed E-state index contributed by atoms with van der Waals surface area (Å²) in [6.45, 7) is -0.140. The summed E-state index contributed by atoms with van der Waals surface area (Å²) in [4.78, 5) is 10.4. The molecule has 0 aliphatic heterocycles. The van der Waals surface area contributed by atoms with Crippen LogP contribution in [0.1, 0.15) is 13.3 Å². The third-order valence-corrected chi connectivity index (χ3v) is 2.30. The number of hydrogen-bond acceptors (Lipinski definition) is 5. The van der Waals surface area contributed by atoms with Crippen LogP contribution in [-0.4, -0.2) is 37.0 Å². The predicted octanol–water partition coefficient (Wildman–Crippen LogP) is 0.416. The Morgan fingerprint density at radius 1 is 1.53 bits per heavy atom. The van der Waals surface area contributed by atoms with E-state index in [0.717, 1.165) is 0 Å². The highest BCUT2D eigenvalue weighted by atomic mass is 32.2. The van der Waals surface area contributed by atoms with E-state index in [2.05, 4.69) is 4.74 Å². The number of esters is 1. The summed E-state index contributed by atoms with van der Waals surface area (Å²) in [5.74, 6) is -0.975. The smallest absolute Gasteiger partial charge is 0.368 e. The molecule has 9 heteroatoms. The lowest BCUT2D eigenvalue weighted by Gasteiger charge is -2.22. The van der Waals surface area contributed by atoms with E-state index < -0.39 is 34.1 Å². The highest BCUT2D eigenvalue weighted by Crippen LogP contribution is 2.27. The van der Waals surface area contributed by atoms with Crippen molar-refractivity contribution >= 4 is 16.1 Å². The van der Waals surface area contributed by atoms with Gasteiger partial charge in [0.25, 0.3) is 0 Å². The van der Waals surface area contributed by atoms with Crippen molar-refractivity contribution in [3.63, 3.8) is 0 Å². The summed E-state index contributed by atoms with van der Waals surface area (Å²) in [6.07, 6.45) is -3.54. The summed E-state index contributed by atoms with van der Waals surface area (Å²) in [6, 6.07) is 0. The largest absolute Gasteiger partial charge is 0.743 e. The van der Waals surface area contributed by atoms with Crippen LogP contribution in [0.4, 0.5) is 13.2 Å². The molecule has 0 radical (unpaired) electrons. The van der Waals surface area contributed by atoms with E-state index in [1.807, 2.05) is 0 Å². The molecule has 1 atom stereocenters. The molecule has 0 saturated heterocycles. The second-order valence-corrected chi connectivity index (χ2v) is 3.97. The van der Waals surface area contributed by atoms with Gasteiger partial charge in [-0.2, -0.15) is 8.78 Å². The Balaban J connectivity index is 4.46. The highest BCUT2D eigenvalue weighted by Gasteiger charge is 2.48. The van der Waals surface area contributed by atoms with Gasteiger partial charge in [-0.15, -0.1) is 0 Å². The first-order chi connectivity index (χ1) is 6.63. The zero-order valence-corrected chi connectivity index (χ0v) is 8.39. The van der Waals surface area contributed by atoms with E-state index >= 15 is 0 Å². The van der Waals surface area contributed by atoms with Gasteiger partial charge in [0, 0.05) is 6.42 Å². The molecule has 0 N–H and O–H groups in total. The van der Waals surface area contributed by atoms with E-state index in [4.69, 9.17) is 0 Å². The summed E-state index contributed by atoms with van der Waals surface area (Å²) >= 11 is 0. The molecule has 1 unspecified atom stereocenters. The molecule has 0 spiro atoms. The molecule has 0 aliphatic rings. The van der Waals surface area contributed by atoms with Gasteiger partial charge in [0.2, 0.25) is 6.17 Å². The second-order valence-electron chi connectivity index (χ2n) is 2.52. The van der Waals surface area contributed by atoms with E-state index in [-0.39, 0.29) is 6.42 Å². The van der Waals surface area contributed by atoms with E-state index in [9.17, 15) is 30.9 Å². The Morgan fingerprint density at radius 3 is 2.33 bits per heavy atom. The van der Waals surface area contributed by atoms with Crippen LogP contribution in [0.2, 0.25) is 0 Å². The lowest BCUT2D eigenvalue weighted by atomic mass is 10.4. The zero-order valence-electron chi connectivity index (χ0n) is 7.57. The molecule has 5 nitrogen and oxygen atoms in total. The van der Waals surface area contributed by atoms with E-state index in [1.165, 1.54) is 6.92 Å². The number of rotatable bonds is 5. The molecule has 0 aromatic rings. The van der Waals surface area contributed by atoms with Crippen molar-refractivity contribution in [2.75, 3.05) is 6.61 Å². The molecule has 90 valence electrons. The average molecular weight is 249 g/mol. The monoisotopic (exact) mass is 249 g/mol. The maximum absolute atomic E-state index is 12.6. The minimum absolute atomic E-state index is 0.178. The predicted molar refractivity (Wildman–Crippen MR) is 40.8 cm³/mol. The van der Waals surface area contributed by atoms with Crippen molar-refractivity contribution in [1.82, 2.24) is 0 Å². The van der Waals surface area contributed by atoms with Crippen molar-refractivity contribution in [2.24, 2.45) is 0 Å². The molecule has 0 bridgehead atoms. The maximum atomic E-state index is 12.6. The van der Waals surface area contributed by atoms with E-state index in [0.29, 0.717) is 0 Å². The van der Waals surface area contributed by atoms with Gasteiger partial charge in [-0.1, -0.05) is 6.92 Å². The Morgan fingerprint density at radius 2 is 2.00 bits per heavy atom. The van der Waals surface area contributed by atoms with Gasteiger partial charge in [0.15, 0.2) is 10.1 Å². The normalized spacial score (nSPS) is 14.7. The summed E-state index contributed by atoms with van der Waals surface area (Å²) in [5, 5.41) is -5.10. The van der Waals surface area contributed by atoms with Crippen molar-refractivity contribution in [3.05, 3.63) is 0 Å². The first kappa shape index (κ1) is 14.2. The number of halogens is 3. The number of hydrogen-bond donors (Lipinski definition) is 0.